The highest BCUT2D eigenvalue weighted by molar-refractivity contribution is 7.89. The molecule has 0 radical (unpaired) electrons. The van der Waals surface area contributed by atoms with Crippen LogP contribution in [0.15, 0.2) is 64.1 Å². The number of ether oxygens (including phenoxy) is 1. The van der Waals surface area contributed by atoms with Crippen molar-refractivity contribution in [2.75, 3.05) is 6.61 Å². The molecule has 0 aliphatic heterocycles. The molecule has 0 fully saturated rings. The van der Waals surface area contributed by atoms with E-state index in [1.165, 1.54) is 30.5 Å². The van der Waals surface area contributed by atoms with Crippen LogP contribution in [0.2, 0.25) is 0 Å². The molecule has 174 valence electrons. The number of sulfonamides is 1. The van der Waals surface area contributed by atoms with Gasteiger partial charge in [0, 0.05) is 29.6 Å². The number of carbonyl (C=O) groups is 2. The average molecular weight is 471 g/mol. The second-order valence-corrected chi connectivity index (χ2v) is 9.13. The summed E-state index contributed by atoms with van der Waals surface area (Å²) >= 11 is 0. The Morgan fingerprint density at radius 1 is 1.15 bits per heavy atom. The van der Waals surface area contributed by atoms with Gasteiger partial charge in [0.05, 0.1) is 17.7 Å². The minimum Gasteiger partial charge on any atom is -0.468 e. The van der Waals surface area contributed by atoms with Crippen LogP contribution < -0.4 is 4.72 Å². The summed E-state index contributed by atoms with van der Waals surface area (Å²) < 4.78 is 39.4. The summed E-state index contributed by atoms with van der Waals surface area (Å²) in [4.78, 5) is 24.5. The molecule has 0 atom stereocenters. The van der Waals surface area contributed by atoms with Crippen LogP contribution in [0, 0.1) is 13.8 Å². The Labute approximate surface area is 192 Å². The van der Waals surface area contributed by atoms with Gasteiger partial charge in [0.1, 0.15) is 5.76 Å². The van der Waals surface area contributed by atoms with Gasteiger partial charge in [-0.2, -0.15) is 0 Å². The number of nitrogens with one attached hydrogen (secondary N) is 1. The monoisotopic (exact) mass is 470 g/mol. The Morgan fingerprint density at radius 3 is 2.48 bits per heavy atom. The van der Waals surface area contributed by atoms with Gasteiger partial charge in [-0.25, -0.2) is 17.9 Å². The van der Waals surface area contributed by atoms with Crippen LogP contribution in [-0.4, -0.2) is 31.3 Å². The number of Topliss-reactive ketones (excluding diaryl/α,β-unsaturated/α-hetero) is 1. The zero-order valence-electron chi connectivity index (χ0n) is 18.7. The summed E-state index contributed by atoms with van der Waals surface area (Å²) in [6.45, 7) is 6.24. The highest BCUT2D eigenvalue weighted by Gasteiger charge is 2.16. The molecule has 33 heavy (non-hydrogen) atoms. The van der Waals surface area contributed by atoms with Crippen LogP contribution in [0.3, 0.4) is 0 Å². The van der Waals surface area contributed by atoms with E-state index in [-0.39, 0.29) is 23.8 Å². The Hall–Kier alpha value is -3.43. The number of aryl methyl sites for hydroxylation is 1. The summed E-state index contributed by atoms with van der Waals surface area (Å²) in [5, 5.41) is 0. The van der Waals surface area contributed by atoms with Crippen LogP contribution in [0.1, 0.15) is 40.0 Å². The average Bonchev–Trinajstić information content (AvgIpc) is 3.42. The van der Waals surface area contributed by atoms with E-state index < -0.39 is 16.0 Å². The van der Waals surface area contributed by atoms with Gasteiger partial charge in [0.2, 0.25) is 15.8 Å². The predicted octanol–water partition coefficient (Wildman–Crippen LogP) is 3.64. The molecule has 0 aliphatic carbocycles. The second kappa shape index (κ2) is 10.5. The van der Waals surface area contributed by atoms with Crippen molar-refractivity contribution in [3.8, 4) is 0 Å². The molecular weight excluding hydrogens is 444 g/mol. The maximum Gasteiger partial charge on any atom is 0.331 e. The molecule has 0 unspecified atom stereocenters. The molecule has 1 N–H and O–H groups in total. The Bertz CT molecular complexity index is 1250. The number of ketones is 1. The molecule has 0 saturated carbocycles. The quantitative estimate of drug-likeness (QED) is 0.275. The molecule has 0 saturated heterocycles. The van der Waals surface area contributed by atoms with Gasteiger partial charge in [-0.15, -0.1) is 0 Å². The lowest BCUT2D eigenvalue weighted by Crippen LogP contribution is -2.22. The number of carbonyl (C=O) groups excluding carboxylic acids is 2. The van der Waals surface area contributed by atoms with Crippen molar-refractivity contribution in [1.82, 2.24) is 9.29 Å². The maximum atomic E-state index is 12.4. The number of rotatable bonds is 10. The maximum absolute atomic E-state index is 12.4. The van der Waals surface area contributed by atoms with E-state index in [1.807, 2.05) is 25.3 Å². The topological polar surface area (TPSA) is 108 Å². The van der Waals surface area contributed by atoms with Crippen LogP contribution in [0.5, 0.6) is 0 Å². The Morgan fingerprint density at radius 2 is 1.88 bits per heavy atom. The van der Waals surface area contributed by atoms with Crippen LogP contribution in [-0.2, 0) is 32.6 Å². The van der Waals surface area contributed by atoms with Gasteiger partial charge in [-0.3, -0.25) is 4.79 Å². The van der Waals surface area contributed by atoms with Crippen molar-refractivity contribution >= 4 is 27.9 Å². The molecule has 0 amide bonds. The van der Waals surface area contributed by atoms with E-state index >= 15 is 0 Å². The summed E-state index contributed by atoms with van der Waals surface area (Å²) in [5.74, 6) is -0.422. The van der Waals surface area contributed by atoms with Crippen molar-refractivity contribution < 1.29 is 27.2 Å². The SMILES string of the molecule is CCn1c(C)cc(C(=O)COC(=O)/C=C/c2ccc(S(=O)(=O)NCc3ccco3)cc2)c1C. The Kier molecular flexibility index (Phi) is 7.67. The van der Waals surface area contributed by atoms with E-state index in [0.29, 0.717) is 16.9 Å². The molecule has 0 spiro atoms. The van der Waals surface area contributed by atoms with Crippen molar-refractivity contribution in [3.63, 3.8) is 0 Å². The fourth-order valence-corrected chi connectivity index (χ4v) is 4.41. The number of nitrogens with zero attached hydrogens (tertiary/aromatic N) is 1. The zero-order valence-corrected chi connectivity index (χ0v) is 19.5. The van der Waals surface area contributed by atoms with Gasteiger partial charge < -0.3 is 13.7 Å². The standard InChI is InChI=1S/C24H26N2O6S/c1-4-26-17(2)14-22(18(26)3)23(27)16-32-24(28)12-9-19-7-10-21(11-8-19)33(29,30)25-15-20-6-5-13-31-20/h5-14,25H,4,15-16H2,1-3H3/b12-9+. The van der Waals surface area contributed by atoms with Crippen molar-refractivity contribution in [2.24, 2.45) is 0 Å². The molecule has 1 aromatic carbocycles. The largest absolute Gasteiger partial charge is 0.468 e. The molecule has 3 aromatic rings. The van der Waals surface area contributed by atoms with E-state index in [1.54, 1.807) is 30.3 Å². The summed E-state index contributed by atoms with van der Waals surface area (Å²) in [5.41, 5.74) is 2.98. The number of esters is 1. The third-order valence-corrected chi connectivity index (χ3v) is 6.57. The molecule has 3 rings (SSSR count). The first-order valence-electron chi connectivity index (χ1n) is 10.4. The lowest BCUT2D eigenvalue weighted by molar-refractivity contribution is -0.136. The number of benzene rings is 1. The fraction of sp³-hybridized carbons (Fsp3) is 0.250. The first kappa shape index (κ1) is 24.2. The lowest BCUT2D eigenvalue weighted by atomic mass is 10.1. The summed E-state index contributed by atoms with van der Waals surface area (Å²) in [6, 6.07) is 11.1. The van der Waals surface area contributed by atoms with Gasteiger partial charge in [0.25, 0.3) is 0 Å². The number of hydrogen-bond donors (Lipinski definition) is 1. The molecule has 0 aliphatic rings. The smallest absolute Gasteiger partial charge is 0.331 e. The molecular formula is C24H26N2O6S. The van der Waals surface area contributed by atoms with Crippen molar-refractivity contribution in [1.29, 1.82) is 0 Å². The molecule has 0 bridgehead atoms. The molecule has 2 aromatic heterocycles. The van der Waals surface area contributed by atoms with Gasteiger partial charge in [0.15, 0.2) is 6.61 Å². The zero-order chi connectivity index (χ0) is 24.0. The van der Waals surface area contributed by atoms with Crippen LogP contribution in [0.25, 0.3) is 6.08 Å². The molecule has 8 nitrogen and oxygen atoms in total. The van der Waals surface area contributed by atoms with Crippen molar-refractivity contribution in [2.45, 2.75) is 38.8 Å². The minimum atomic E-state index is -3.70. The van der Waals surface area contributed by atoms with E-state index in [0.717, 1.165) is 17.9 Å². The number of furan rings is 1. The summed E-state index contributed by atoms with van der Waals surface area (Å²) in [6.07, 6.45) is 4.15. The third kappa shape index (κ3) is 6.09. The van der Waals surface area contributed by atoms with E-state index in [4.69, 9.17) is 9.15 Å². The van der Waals surface area contributed by atoms with Gasteiger partial charge in [-0.05, 0) is 62.7 Å². The fourth-order valence-electron chi connectivity index (χ4n) is 3.42. The van der Waals surface area contributed by atoms with Crippen LogP contribution >= 0.6 is 0 Å². The normalized spacial score (nSPS) is 11.7. The lowest BCUT2D eigenvalue weighted by Gasteiger charge is -2.06. The molecule has 2 heterocycles. The highest BCUT2D eigenvalue weighted by Crippen LogP contribution is 2.16. The van der Waals surface area contributed by atoms with Crippen molar-refractivity contribution in [3.05, 3.63) is 83.1 Å². The van der Waals surface area contributed by atoms with Gasteiger partial charge in [-0.1, -0.05) is 12.1 Å². The minimum absolute atomic E-state index is 0.0454. The number of aromatic nitrogens is 1. The van der Waals surface area contributed by atoms with Crippen LogP contribution in [0.4, 0.5) is 0 Å². The summed E-state index contributed by atoms with van der Waals surface area (Å²) in [7, 11) is -3.70. The number of hydrogen-bond acceptors (Lipinski definition) is 6. The molecule has 9 heteroatoms. The second-order valence-electron chi connectivity index (χ2n) is 7.37. The van der Waals surface area contributed by atoms with E-state index in [9.17, 15) is 18.0 Å². The third-order valence-electron chi connectivity index (χ3n) is 5.15. The van der Waals surface area contributed by atoms with E-state index in [2.05, 4.69) is 4.72 Å². The van der Waals surface area contributed by atoms with Gasteiger partial charge >= 0.3 is 5.97 Å². The predicted molar refractivity (Wildman–Crippen MR) is 123 cm³/mol. The first-order valence-corrected chi connectivity index (χ1v) is 11.9. The first-order chi connectivity index (χ1) is 15.7. The Balaban J connectivity index is 1.54. The highest BCUT2D eigenvalue weighted by atomic mass is 32.2.